The third kappa shape index (κ3) is 5.53. The molecule has 2 aliphatic heterocycles. The number of hydrogen-bond donors (Lipinski definition) is 3. The molecule has 3 N–H and O–H groups in total. The summed E-state index contributed by atoms with van der Waals surface area (Å²) in [5.41, 5.74) is 0.539. The van der Waals surface area contributed by atoms with Crippen molar-refractivity contribution in [1.29, 1.82) is 0 Å². The van der Waals surface area contributed by atoms with E-state index in [-0.39, 0.29) is 23.3 Å². The molecule has 0 radical (unpaired) electrons. The number of fused-ring (bicyclic) bond motifs is 1. The summed E-state index contributed by atoms with van der Waals surface area (Å²) in [6.07, 6.45) is 1.06. The first-order valence-electron chi connectivity index (χ1n) is 9.75. The van der Waals surface area contributed by atoms with Gasteiger partial charge in [0.15, 0.2) is 21.3 Å². The van der Waals surface area contributed by atoms with Gasteiger partial charge in [0.2, 0.25) is 5.91 Å². The molecule has 1 fully saturated rings. The molecule has 0 saturated carbocycles. The molecule has 2 heterocycles. The highest BCUT2D eigenvalue weighted by Gasteiger charge is 2.31. The number of hydrogen-bond acceptors (Lipinski definition) is 6. The summed E-state index contributed by atoms with van der Waals surface area (Å²) in [4.78, 5) is 25.2. The molecule has 1 aromatic carbocycles. The molecule has 0 aliphatic carbocycles. The Kier molecular flexibility index (Phi) is 6.51. The fraction of sp³-hybridized carbons (Fsp3) is 0.579. The van der Waals surface area contributed by atoms with Crippen molar-refractivity contribution < 1.29 is 27.5 Å². The van der Waals surface area contributed by atoms with Gasteiger partial charge in [-0.05, 0) is 24.5 Å². The maximum absolute atomic E-state index is 12.8. The van der Waals surface area contributed by atoms with E-state index in [2.05, 4.69) is 16.0 Å². The van der Waals surface area contributed by atoms with E-state index in [1.165, 1.54) is 0 Å². The van der Waals surface area contributed by atoms with Crippen LogP contribution in [0.5, 0.6) is 11.5 Å². The SMILES string of the molecule is CC[C@H](C)[C@@H](NC(=O)NC1CCS(=O)(=O)C1)C(=O)Nc1ccc2c(c1)OCCO2. The molecule has 10 heteroatoms. The maximum Gasteiger partial charge on any atom is 0.315 e. The maximum atomic E-state index is 12.8. The number of carbonyl (C=O) groups is 2. The lowest BCUT2D eigenvalue weighted by Gasteiger charge is -2.25. The highest BCUT2D eigenvalue weighted by molar-refractivity contribution is 7.91. The largest absolute Gasteiger partial charge is 0.486 e. The summed E-state index contributed by atoms with van der Waals surface area (Å²) < 4.78 is 34.1. The van der Waals surface area contributed by atoms with Gasteiger partial charge in [-0.3, -0.25) is 4.79 Å². The van der Waals surface area contributed by atoms with Crippen LogP contribution in [0.4, 0.5) is 10.5 Å². The van der Waals surface area contributed by atoms with E-state index in [0.717, 1.165) is 0 Å². The van der Waals surface area contributed by atoms with E-state index in [1.54, 1.807) is 18.2 Å². The molecule has 3 atom stereocenters. The molecule has 3 rings (SSSR count). The smallest absolute Gasteiger partial charge is 0.315 e. The standard InChI is InChI=1S/C19H27N3O6S/c1-3-12(2)17(22-19(24)21-14-6-9-29(25,26)11-14)18(23)20-13-4-5-15-16(10-13)28-8-7-27-15/h4-5,10,12,14,17H,3,6-9,11H2,1-2H3,(H,20,23)(H2,21,22,24)/t12-,14?,17+/m0/s1. The number of ether oxygens (including phenoxy) is 2. The van der Waals surface area contributed by atoms with Crippen LogP contribution in [-0.2, 0) is 14.6 Å². The van der Waals surface area contributed by atoms with Crippen LogP contribution in [0.2, 0.25) is 0 Å². The first-order chi connectivity index (χ1) is 13.8. The van der Waals surface area contributed by atoms with Crippen molar-refractivity contribution >= 4 is 27.5 Å². The molecule has 29 heavy (non-hydrogen) atoms. The normalized spacial score (nSPS) is 21.7. The zero-order valence-electron chi connectivity index (χ0n) is 16.6. The second kappa shape index (κ2) is 8.89. The van der Waals surface area contributed by atoms with Gasteiger partial charge in [-0.2, -0.15) is 0 Å². The summed E-state index contributed by atoms with van der Waals surface area (Å²) in [5.74, 6) is 0.698. The molecular weight excluding hydrogens is 398 g/mol. The van der Waals surface area contributed by atoms with Gasteiger partial charge >= 0.3 is 6.03 Å². The summed E-state index contributed by atoms with van der Waals surface area (Å²) in [7, 11) is -3.10. The van der Waals surface area contributed by atoms with E-state index in [0.29, 0.717) is 43.2 Å². The monoisotopic (exact) mass is 425 g/mol. The Labute approximate surface area is 170 Å². The Morgan fingerprint density at radius 1 is 1.21 bits per heavy atom. The van der Waals surface area contributed by atoms with Gasteiger partial charge in [0.05, 0.1) is 11.5 Å². The quantitative estimate of drug-likeness (QED) is 0.631. The second-order valence-corrected chi connectivity index (χ2v) is 9.66. The van der Waals surface area contributed by atoms with Gasteiger partial charge in [-0.25, -0.2) is 13.2 Å². The first-order valence-corrected chi connectivity index (χ1v) is 11.6. The predicted molar refractivity (Wildman–Crippen MR) is 108 cm³/mol. The molecule has 0 spiro atoms. The van der Waals surface area contributed by atoms with Crippen molar-refractivity contribution in [2.45, 2.75) is 38.8 Å². The van der Waals surface area contributed by atoms with E-state index < -0.39 is 28.0 Å². The molecular formula is C19H27N3O6S. The number of urea groups is 1. The van der Waals surface area contributed by atoms with Crippen molar-refractivity contribution in [2.24, 2.45) is 5.92 Å². The van der Waals surface area contributed by atoms with Gasteiger partial charge < -0.3 is 25.4 Å². The van der Waals surface area contributed by atoms with Crippen LogP contribution in [-0.4, -0.2) is 57.2 Å². The zero-order chi connectivity index (χ0) is 21.0. The molecule has 1 unspecified atom stereocenters. The molecule has 3 amide bonds. The molecule has 0 aromatic heterocycles. The minimum Gasteiger partial charge on any atom is -0.486 e. The average Bonchev–Trinajstić information content (AvgIpc) is 3.03. The van der Waals surface area contributed by atoms with E-state index >= 15 is 0 Å². The van der Waals surface area contributed by atoms with Crippen LogP contribution in [0.3, 0.4) is 0 Å². The Balaban J connectivity index is 1.63. The number of nitrogens with one attached hydrogen (secondary N) is 3. The minimum absolute atomic E-state index is 0.0668. The highest BCUT2D eigenvalue weighted by atomic mass is 32.2. The lowest BCUT2D eigenvalue weighted by Crippen LogP contribution is -2.53. The highest BCUT2D eigenvalue weighted by Crippen LogP contribution is 2.32. The van der Waals surface area contributed by atoms with E-state index in [4.69, 9.17) is 9.47 Å². The van der Waals surface area contributed by atoms with Crippen LogP contribution in [0, 0.1) is 5.92 Å². The molecule has 9 nitrogen and oxygen atoms in total. The summed E-state index contributed by atoms with van der Waals surface area (Å²) >= 11 is 0. The fourth-order valence-corrected chi connectivity index (χ4v) is 4.99. The van der Waals surface area contributed by atoms with Crippen LogP contribution >= 0.6 is 0 Å². The molecule has 1 saturated heterocycles. The van der Waals surface area contributed by atoms with Crippen molar-refractivity contribution in [2.75, 3.05) is 30.0 Å². The number of amides is 3. The number of benzene rings is 1. The van der Waals surface area contributed by atoms with Gasteiger partial charge in [0.25, 0.3) is 0 Å². The van der Waals surface area contributed by atoms with Crippen molar-refractivity contribution in [1.82, 2.24) is 10.6 Å². The van der Waals surface area contributed by atoms with Gasteiger partial charge in [-0.15, -0.1) is 0 Å². The molecule has 2 aliphatic rings. The minimum atomic E-state index is -3.10. The topological polar surface area (TPSA) is 123 Å². The second-order valence-electron chi connectivity index (χ2n) is 7.43. The Hall–Kier alpha value is -2.49. The summed E-state index contributed by atoms with van der Waals surface area (Å²) in [5, 5.41) is 8.16. The van der Waals surface area contributed by atoms with Gasteiger partial charge in [0, 0.05) is 17.8 Å². The number of anilines is 1. The molecule has 160 valence electrons. The fourth-order valence-electron chi connectivity index (χ4n) is 3.32. The van der Waals surface area contributed by atoms with Crippen molar-refractivity contribution in [3.05, 3.63) is 18.2 Å². The Morgan fingerprint density at radius 3 is 2.59 bits per heavy atom. The van der Waals surface area contributed by atoms with Crippen LogP contribution < -0.4 is 25.4 Å². The Morgan fingerprint density at radius 2 is 1.93 bits per heavy atom. The summed E-state index contributed by atoms with van der Waals surface area (Å²) in [6.45, 7) is 4.72. The van der Waals surface area contributed by atoms with Crippen LogP contribution in [0.25, 0.3) is 0 Å². The van der Waals surface area contributed by atoms with Crippen molar-refractivity contribution in [3.8, 4) is 11.5 Å². The van der Waals surface area contributed by atoms with Crippen molar-refractivity contribution in [3.63, 3.8) is 0 Å². The predicted octanol–water partition coefficient (Wildman–Crippen LogP) is 1.30. The summed E-state index contributed by atoms with van der Waals surface area (Å²) in [6, 6.07) is 3.37. The first kappa shape index (κ1) is 21.2. The zero-order valence-corrected chi connectivity index (χ0v) is 17.4. The van der Waals surface area contributed by atoms with E-state index in [1.807, 2.05) is 13.8 Å². The lowest BCUT2D eigenvalue weighted by molar-refractivity contribution is -0.119. The number of rotatable bonds is 6. The van der Waals surface area contributed by atoms with E-state index in [9.17, 15) is 18.0 Å². The van der Waals surface area contributed by atoms with Gasteiger partial charge in [0.1, 0.15) is 19.3 Å². The Bertz CT molecular complexity index is 873. The number of sulfone groups is 1. The number of carbonyl (C=O) groups excluding carboxylic acids is 2. The average molecular weight is 426 g/mol. The van der Waals surface area contributed by atoms with Crippen LogP contribution in [0.15, 0.2) is 18.2 Å². The third-order valence-electron chi connectivity index (χ3n) is 5.16. The molecule has 1 aromatic rings. The third-order valence-corrected chi connectivity index (χ3v) is 6.93. The molecule has 0 bridgehead atoms. The van der Waals surface area contributed by atoms with Crippen LogP contribution in [0.1, 0.15) is 26.7 Å². The van der Waals surface area contributed by atoms with Gasteiger partial charge in [-0.1, -0.05) is 20.3 Å². The lowest BCUT2D eigenvalue weighted by atomic mass is 9.98.